The van der Waals surface area contributed by atoms with Crippen LogP contribution in [0.1, 0.15) is 24.3 Å². The molecule has 0 saturated carbocycles. The van der Waals surface area contributed by atoms with Gasteiger partial charge in [-0.3, -0.25) is 0 Å². The second-order valence-electron chi connectivity index (χ2n) is 4.28. The molecule has 1 N–H and O–H groups in total. The van der Waals surface area contributed by atoms with Crippen LogP contribution in [-0.4, -0.2) is 30.1 Å². The van der Waals surface area contributed by atoms with Crippen LogP contribution < -0.4 is 0 Å². The van der Waals surface area contributed by atoms with E-state index < -0.39 is 0 Å². The first-order valence-corrected chi connectivity index (χ1v) is 5.71. The molecule has 0 atom stereocenters. The maximum atomic E-state index is 9.45. The summed E-state index contributed by atoms with van der Waals surface area (Å²) in [5, 5.41) is 10.2. The number of rotatable bonds is 1. The highest BCUT2D eigenvalue weighted by Crippen LogP contribution is 2.34. The van der Waals surface area contributed by atoms with Gasteiger partial charge in [-0.15, -0.1) is 0 Å². The molecule has 3 heteroatoms. The number of aromatic hydroxyl groups is 1. The van der Waals surface area contributed by atoms with Crippen molar-refractivity contribution in [3.8, 4) is 5.75 Å². The first kappa shape index (κ1) is 10.8. The molecule has 1 fully saturated rings. The molecule has 0 bridgehead atoms. The third-order valence-electron chi connectivity index (χ3n) is 3.14. The fourth-order valence-electron chi connectivity index (χ4n) is 2.16. The Morgan fingerprint density at radius 2 is 2.00 bits per heavy atom. The Bertz CT molecular complexity index is 345. The average Bonchev–Trinajstić information content (AvgIpc) is 2.23. The van der Waals surface area contributed by atoms with Crippen molar-refractivity contribution in [2.45, 2.75) is 18.8 Å². The summed E-state index contributed by atoms with van der Waals surface area (Å²) in [7, 11) is 2.14. The Balaban J connectivity index is 2.18. The number of phenols is 1. The van der Waals surface area contributed by atoms with E-state index in [9.17, 15) is 5.11 Å². The molecular weight excluding hydrogens is 210 g/mol. The van der Waals surface area contributed by atoms with Crippen LogP contribution >= 0.6 is 11.6 Å². The Kier molecular flexibility index (Phi) is 3.17. The van der Waals surface area contributed by atoms with Crippen molar-refractivity contribution in [1.29, 1.82) is 0 Å². The average molecular weight is 226 g/mol. The highest BCUT2D eigenvalue weighted by atomic mass is 35.5. The third-order valence-corrected chi connectivity index (χ3v) is 3.48. The van der Waals surface area contributed by atoms with Gasteiger partial charge in [-0.1, -0.05) is 11.6 Å². The number of benzene rings is 1. The smallest absolute Gasteiger partial charge is 0.115 e. The lowest BCUT2D eigenvalue weighted by Gasteiger charge is -2.29. The molecule has 1 aliphatic heterocycles. The van der Waals surface area contributed by atoms with E-state index in [0.29, 0.717) is 11.7 Å². The van der Waals surface area contributed by atoms with Crippen LogP contribution in [0.15, 0.2) is 18.2 Å². The van der Waals surface area contributed by atoms with Crippen LogP contribution in [0.5, 0.6) is 5.75 Å². The summed E-state index contributed by atoms with van der Waals surface area (Å²) in [6.45, 7) is 2.22. The number of halogens is 1. The van der Waals surface area contributed by atoms with Gasteiger partial charge in [-0.2, -0.15) is 0 Å². The number of hydrogen-bond donors (Lipinski definition) is 1. The van der Waals surface area contributed by atoms with Crippen molar-refractivity contribution < 1.29 is 5.11 Å². The van der Waals surface area contributed by atoms with Gasteiger partial charge < -0.3 is 10.0 Å². The maximum absolute atomic E-state index is 9.45. The van der Waals surface area contributed by atoms with Gasteiger partial charge in [0.2, 0.25) is 0 Å². The van der Waals surface area contributed by atoms with Gasteiger partial charge in [-0.25, -0.2) is 0 Å². The van der Waals surface area contributed by atoms with Crippen molar-refractivity contribution in [1.82, 2.24) is 4.90 Å². The van der Waals surface area contributed by atoms with Crippen molar-refractivity contribution in [3.05, 3.63) is 28.8 Å². The molecule has 0 amide bonds. The summed E-state index contributed by atoms with van der Waals surface area (Å²) in [5.41, 5.74) is 1.10. The minimum atomic E-state index is 0.313. The standard InChI is InChI=1S/C12H16ClNO/c1-14-6-4-9(5-7-14)11-8-10(15)2-3-12(11)13/h2-3,8-9,15H,4-7H2,1H3. The topological polar surface area (TPSA) is 23.5 Å². The minimum absolute atomic E-state index is 0.313. The molecule has 1 aromatic rings. The zero-order valence-electron chi connectivity index (χ0n) is 8.91. The monoisotopic (exact) mass is 225 g/mol. The van der Waals surface area contributed by atoms with Gasteiger partial charge in [0.1, 0.15) is 5.75 Å². The SMILES string of the molecule is CN1CCC(c2cc(O)ccc2Cl)CC1. The zero-order valence-corrected chi connectivity index (χ0v) is 9.67. The molecule has 1 saturated heterocycles. The number of phenolic OH excluding ortho intramolecular Hbond substituents is 1. The van der Waals surface area contributed by atoms with Crippen LogP contribution in [-0.2, 0) is 0 Å². The van der Waals surface area contributed by atoms with Crippen LogP contribution in [0.3, 0.4) is 0 Å². The highest BCUT2D eigenvalue weighted by molar-refractivity contribution is 6.31. The van der Waals surface area contributed by atoms with Crippen LogP contribution in [0.4, 0.5) is 0 Å². The second kappa shape index (κ2) is 4.42. The first-order chi connectivity index (χ1) is 7.16. The second-order valence-corrected chi connectivity index (χ2v) is 4.69. The molecule has 1 aromatic carbocycles. The van der Waals surface area contributed by atoms with E-state index in [1.165, 1.54) is 0 Å². The van der Waals surface area contributed by atoms with E-state index >= 15 is 0 Å². The number of likely N-dealkylation sites (tertiary alicyclic amines) is 1. The summed E-state index contributed by atoms with van der Waals surface area (Å²) in [6, 6.07) is 5.23. The lowest BCUT2D eigenvalue weighted by Crippen LogP contribution is -2.29. The van der Waals surface area contributed by atoms with E-state index in [1.54, 1.807) is 18.2 Å². The summed E-state index contributed by atoms with van der Waals surface area (Å²) in [5.74, 6) is 0.814. The fourth-order valence-corrected chi connectivity index (χ4v) is 2.44. The highest BCUT2D eigenvalue weighted by Gasteiger charge is 2.20. The Hall–Kier alpha value is -0.730. The van der Waals surface area contributed by atoms with E-state index in [2.05, 4.69) is 11.9 Å². The molecule has 2 nitrogen and oxygen atoms in total. The van der Waals surface area contributed by atoms with Crippen molar-refractivity contribution >= 4 is 11.6 Å². The Labute approximate surface area is 95.5 Å². The molecule has 0 spiro atoms. The minimum Gasteiger partial charge on any atom is -0.508 e. The van der Waals surface area contributed by atoms with Gasteiger partial charge in [-0.05, 0) is 62.7 Å². The molecule has 0 radical (unpaired) electrons. The molecule has 2 rings (SSSR count). The lowest BCUT2D eigenvalue weighted by atomic mass is 9.89. The molecule has 0 unspecified atom stereocenters. The number of nitrogens with zero attached hydrogens (tertiary/aromatic N) is 1. The molecule has 1 aliphatic rings. The Morgan fingerprint density at radius 3 is 2.67 bits per heavy atom. The van der Waals surface area contributed by atoms with Crippen LogP contribution in [0.2, 0.25) is 5.02 Å². The first-order valence-electron chi connectivity index (χ1n) is 5.34. The fraction of sp³-hybridized carbons (Fsp3) is 0.500. The van der Waals surface area contributed by atoms with Crippen LogP contribution in [0.25, 0.3) is 0 Å². The molecule has 82 valence electrons. The quantitative estimate of drug-likeness (QED) is 0.795. The van der Waals surface area contributed by atoms with Crippen molar-refractivity contribution in [3.63, 3.8) is 0 Å². The zero-order chi connectivity index (χ0) is 10.8. The van der Waals surface area contributed by atoms with Gasteiger partial charge in [0.05, 0.1) is 0 Å². The summed E-state index contributed by atoms with van der Waals surface area (Å²) < 4.78 is 0. The van der Waals surface area contributed by atoms with Crippen LogP contribution in [0, 0.1) is 0 Å². The summed E-state index contributed by atoms with van der Waals surface area (Å²) in [6.07, 6.45) is 2.25. The predicted molar refractivity (Wildman–Crippen MR) is 62.6 cm³/mol. The van der Waals surface area contributed by atoms with Gasteiger partial charge >= 0.3 is 0 Å². The maximum Gasteiger partial charge on any atom is 0.115 e. The number of piperidine rings is 1. The van der Waals surface area contributed by atoms with E-state index in [-0.39, 0.29) is 0 Å². The molecule has 0 aliphatic carbocycles. The largest absolute Gasteiger partial charge is 0.508 e. The van der Waals surface area contributed by atoms with Gasteiger partial charge in [0.25, 0.3) is 0 Å². The molecule has 1 heterocycles. The van der Waals surface area contributed by atoms with E-state index in [0.717, 1.165) is 36.5 Å². The Morgan fingerprint density at radius 1 is 1.33 bits per heavy atom. The predicted octanol–water partition coefficient (Wildman–Crippen LogP) is 2.85. The van der Waals surface area contributed by atoms with E-state index in [1.807, 2.05) is 0 Å². The van der Waals surface area contributed by atoms with Crippen molar-refractivity contribution in [2.24, 2.45) is 0 Å². The summed E-state index contributed by atoms with van der Waals surface area (Å²) >= 11 is 6.14. The summed E-state index contributed by atoms with van der Waals surface area (Å²) in [4.78, 5) is 2.33. The van der Waals surface area contributed by atoms with Crippen molar-refractivity contribution in [2.75, 3.05) is 20.1 Å². The lowest BCUT2D eigenvalue weighted by molar-refractivity contribution is 0.255. The normalized spacial score (nSPS) is 19.3. The molecule has 15 heavy (non-hydrogen) atoms. The molecular formula is C12H16ClNO. The number of hydrogen-bond acceptors (Lipinski definition) is 2. The molecule has 0 aromatic heterocycles. The van der Waals surface area contributed by atoms with E-state index in [4.69, 9.17) is 11.6 Å². The third kappa shape index (κ3) is 2.44. The van der Waals surface area contributed by atoms with Gasteiger partial charge in [0.15, 0.2) is 0 Å². The van der Waals surface area contributed by atoms with Gasteiger partial charge in [0, 0.05) is 5.02 Å².